The second-order valence-corrected chi connectivity index (χ2v) is 4.11. The lowest BCUT2D eigenvalue weighted by Crippen LogP contribution is -2.25. The lowest BCUT2D eigenvalue weighted by molar-refractivity contribution is -0.121. The Morgan fingerprint density at radius 3 is 2.68 bits per heavy atom. The van der Waals surface area contributed by atoms with Crippen molar-refractivity contribution in [2.45, 2.75) is 6.92 Å². The van der Waals surface area contributed by atoms with Gasteiger partial charge >= 0.3 is 0 Å². The first kappa shape index (κ1) is 13.1. The molecule has 0 saturated heterocycles. The smallest absolute Gasteiger partial charge is 0.277 e. The summed E-state index contributed by atoms with van der Waals surface area (Å²) in [6.45, 7) is 1.71. The van der Waals surface area contributed by atoms with Gasteiger partial charge in [0, 0.05) is 7.05 Å². The van der Waals surface area contributed by atoms with Gasteiger partial charge < -0.3 is 9.84 Å². The highest BCUT2D eigenvalue weighted by molar-refractivity contribution is 6.13. The lowest BCUT2D eigenvalue weighted by atomic mass is 10.1. The van der Waals surface area contributed by atoms with Crippen LogP contribution in [-0.2, 0) is 4.79 Å². The topological polar surface area (TPSA) is 62.1 Å². The zero-order valence-electron chi connectivity index (χ0n) is 10.8. The van der Waals surface area contributed by atoms with Gasteiger partial charge in [0.05, 0.1) is 7.11 Å². The molecule has 0 spiro atoms. The number of rotatable bonds is 2. The van der Waals surface area contributed by atoms with E-state index >= 15 is 0 Å². The number of phenols is 1. The van der Waals surface area contributed by atoms with Crippen molar-refractivity contribution in [3.63, 3.8) is 0 Å². The number of benzene rings is 1. The van der Waals surface area contributed by atoms with Crippen LogP contribution in [0.4, 0.5) is 4.39 Å². The summed E-state index contributed by atoms with van der Waals surface area (Å²) in [6, 6.07) is 2.54. The molecule has 0 radical (unpaired) electrons. The predicted octanol–water partition coefficient (Wildman–Crippen LogP) is 1.77. The van der Waals surface area contributed by atoms with E-state index in [4.69, 9.17) is 4.74 Å². The maximum Gasteiger partial charge on any atom is 0.277 e. The SMILES string of the molecule is COc1cc(C=C2N=C(C)N(C)C2=O)cc(F)c1O. The number of hydrogen-bond donors (Lipinski definition) is 1. The number of likely N-dealkylation sites (N-methyl/N-ethyl adjacent to an activating group) is 1. The number of amides is 1. The Hall–Kier alpha value is -2.37. The number of ether oxygens (including phenoxy) is 1. The van der Waals surface area contributed by atoms with E-state index in [1.807, 2.05) is 0 Å². The Morgan fingerprint density at radius 2 is 2.16 bits per heavy atom. The first-order valence-electron chi connectivity index (χ1n) is 5.55. The van der Waals surface area contributed by atoms with Crippen LogP contribution < -0.4 is 4.74 Å². The molecular weight excluding hydrogens is 251 g/mol. The molecule has 100 valence electrons. The minimum Gasteiger partial charge on any atom is -0.502 e. The molecule has 1 aliphatic rings. The summed E-state index contributed by atoms with van der Waals surface area (Å²) in [5.41, 5.74) is 0.606. The Morgan fingerprint density at radius 1 is 1.47 bits per heavy atom. The van der Waals surface area contributed by atoms with Crippen molar-refractivity contribution in [2.75, 3.05) is 14.2 Å². The molecule has 0 fully saturated rings. The molecule has 0 unspecified atom stereocenters. The predicted molar refractivity (Wildman–Crippen MR) is 68.5 cm³/mol. The minimum absolute atomic E-state index is 0.00588. The van der Waals surface area contributed by atoms with Crippen molar-refractivity contribution >= 4 is 17.8 Å². The summed E-state index contributed by atoms with van der Waals surface area (Å²) >= 11 is 0. The van der Waals surface area contributed by atoms with Crippen molar-refractivity contribution in [3.05, 3.63) is 29.2 Å². The summed E-state index contributed by atoms with van der Waals surface area (Å²) in [5.74, 6) is -1.05. The largest absolute Gasteiger partial charge is 0.502 e. The highest BCUT2D eigenvalue weighted by atomic mass is 19.1. The lowest BCUT2D eigenvalue weighted by Gasteiger charge is -2.07. The van der Waals surface area contributed by atoms with Gasteiger partial charge in [0.15, 0.2) is 17.3 Å². The molecule has 6 heteroatoms. The molecule has 0 atom stereocenters. The van der Waals surface area contributed by atoms with E-state index < -0.39 is 11.6 Å². The molecule has 2 rings (SSSR count). The van der Waals surface area contributed by atoms with E-state index in [9.17, 15) is 14.3 Å². The number of phenolic OH excluding ortho intramolecular Hbond substituents is 1. The zero-order chi connectivity index (χ0) is 14.2. The second kappa shape index (κ2) is 4.72. The van der Waals surface area contributed by atoms with Gasteiger partial charge in [-0.05, 0) is 30.7 Å². The molecule has 0 aromatic heterocycles. The number of nitrogens with zero attached hydrogens (tertiary/aromatic N) is 2. The van der Waals surface area contributed by atoms with Crippen LogP contribution in [0, 0.1) is 5.82 Å². The number of amidine groups is 1. The van der Waals surface area contributed by atoms with Crippen LogP contribution in [-0.4, -0.2) is 35.9 Å². The number of carbonyl (C=O) groups excluding carboxylic acids is 1. The van der Waals surface area contributed by atoms with E-state index in [1.54, 1.807) is 14.0 Å². The minimum atomic E-state index is -0.814. The van der Waals surface area contributed by atoms with Gasteiger partial charge in [0.2, 0.25) is 0 Å². The number of halogens is 1. The van der Waals surface area contributed by atoms with Crippen molar-refractivity contribution in [1.29, 1.82) is 0 Å². The van der Waals surface area contributed by atoms with E-state index in [1.165, 1.54) is 24.2 Å². The molecular formula is C13H13FN2O3. The van der Waals surface area contributed by atoms with Crippen LogP contribution in [0.1, 0.15) is 12.5 Å². The Labute approximate surface area is 109 Å². The summed E-state index contributed by atoms with van der Waals surface area (Å²) in [7, 11) is 2.93. The molecule has 1 amide bonds. The molecule has 19 heavy (non-hydrogen) atoms. The molecule has 0 saturated carbocycles. The summed E-state index contributed by atoms with van der Waals surface area (Å²) in [6.07, 6.45) is 1.44. The fourth-order valence-corrected chi connectivity index (χ4v) is 1.70. The van der Waals surface area contributed by atoms with Gasteiger partial charge in [-0.15, -0.1) is 0 Å². The molecule has 0 bridgehead atoms. The first-order valence-corrected chi connectivity index (χ1v) is 5.55. The number of aliphatic imine (C=N–C) groups is 1. The van der Waals surface area contributed by atoms with Gasteiger partial charge in [0.25, 0.3) is 5.91 Å². The Bertz CT molecular complexity index is 608. The van der Waals surface area contributed by atoms with Crippen LogP contribution in [0.25, 0.3) is 6.08 Å². The quantitative estimate of drug-likeness (QED) is 0.828. The Kier molecular flexibility index (Phi) is 3.25. The highest BCUT2D eigenvalue weighted by Gasteiger charge is 2.23. The fourth-order valence-electron chi connectivity index (χ4n) is 1.70. The number of aromatic hydroxyl groups is 1. The Balaban J connectivity index is 2.45. The maximum absolute atomic E-state index is 13.5. The van der Waals surface area contributed by atoms with Gasteiger partial charge in [-0.25, -0.2) is 9.38 Å². The molecule has 5 nitrogen and oxygen atoms in total. The third kappa shape index (κ3) is 2.29. The van der Waals surface area contributed by atoms with E-state index in [0.717, 1.165) is 6.07 Å². The summed E-state index contributed by atoms with van der Waals surface area (Å²) < 4.78 is 18.3. The van der Waals surface area contributed by atoms with Gasteiger partial charge in [-0.2, -0.15) is 0 Å². The van der Waals surface area contributed by atoms with Gasteiger partial charge in [-0.1, -0.05) is 0 Å². The first-order chi connectivity index (χ1) is 8.93. The monoisotopic (exact) mass is 264 g/mol. The molecule has 1 aromatic rings. The molecule has 1 aliphatic heterocycles. The van der Waals surface area contributed by atoms with Crippen LogP contribution in [0.3, 0.4) is 0 Å². The third-order valence-electron chi connectivity index (χ3n) is 2.87. The van der Waals surface area contributed by atoms with E-state index in [0.29, 0.717) is 11.4 Å². The molecule has 1 heterocycles. The highest BCUT2D eigenvalue weighted by Crippen LogP contribution is 2.31. The average molecular weight is 264 g/mol. The molecule has 0 aliphatic carbocycles. The van der Waals surface area contributed by atoms with Gasteiger partial charge in [-0.3, -0.25) is 9.69 Å². The van der Waals surface area contributed by atoms with Crippen LogP contribution in [0.5, 0.6) is 11.5 Å². The van der Waals surface area contributed by atoms with Crippen LogP contribution >= 0.6 is 0 Å². The van der Waals surface area contributed by atoms with Crippen molar-refractivity contribution in [3.8, 4) is 11.5 Å². The summed E-state index contributed by atoms with van der Waals surface area (Å²) in [4.78, 5) is 17.3. The van der Waals surface area contributed by atoms with E-state index in [-0.39, 0.29) is 17.4 Å². The molecule has 1 aromatic carbocycles. The third-order valence-corrected chi connectivity index (χ3v) is 2.87. The second-order valence-electron chi connectivity index (χ2n) is 4.11. The average Bonchev–Trinajstić information content (AvgIpc) is 2.61. The van der Waals surface area contributed by atoms with Crippen LogP contribution in [0.2, 0.25) is 0 Å². The van der Waals surface area contributed by atoms with Gasteiger partial charge in [0.1, 0.15) is 11.5 Å². The number of methoxy groups -OCH3 is 1. The van der Waals surface area contributed by atoms with Crippen molar-refractivity contribution in [2.24, 2.45) is 4.99 Å². The number of carbonyl (C=O) groups is 1. The molecule has 1 N–H and O–H groups in total. The zero-order valence-corrected chi connectivity index (χ0v) is 10.8. The normalized spacial score (nSPS) is 17.1. The van der Waals surface area contributed by atoms with Crippen LogP contribution in [0.15, 0.2) is 22.8 Å². The fraction of sp³-hybridized carbons (Fsp3) is 0.231. The number of hydrogen-bond acceptors (Lipinski definition) is 4. The van der Waals surface area contributed by atoms with Crippen molar-refractivity contribution < 1.29 is 19.0 Å². The van der Waals surface area contributed by atoms with Crippen molar-refractivity contribution in [1.82, 2.24) is 4.90 Å². The summed E-state index contributed by atoms with van der Waals surface area (Å²) in [5, 5.41) is 9.40. The standard InChI is InChI=1S/C13H13FN2O3/c1-7-15-10(13(18)16(7)2)5-8-4-9(14)12(17)11(6-8)19-3/h4-6,17H,1-3H3. The van der Waals surface area contributed by atoms with E-state index in [2.05, 4.69) is 4.99 Å². The maximum atomic E-state index is 13.5.